The van der Waals surface area contributed by atoms with Gasteiger partial charge in [-0.1, -0.05) is 30.4 Å². The molecule has 2 aromatic rings. The molecular weight excluding hydrogens is 332 g/mol. The van der Waals surface area contributed by atoms with Crippen molar-refractivity contribution in [1.29, 1.82) is 0 Å². The average molecular weight is 354 g/mol. The van der Waals surface area contributed by atoms with Crippen LogP contribution >= 0.6 is 12.2 Å². The summed E-state index contributed by atoms with van der Waals surface area (Å²) in [6.45, 7) is 7.49. The minimum absolute atomic E-state index is 0.342. The van der Waals surface area contributed by atoms with Crippen LogP contribution in [0, 0.1) is 5.41 Å². The molecule has 1 aromatic heterocycles. The van der Waals surface area contributed by atoms with Gasteiger partial charge in [0.25, 0.3) is 0 Å². The minimum Gasteiger partial charge on any atom is -0.457 e. The largest absolute Gasteiger partial charge is 0.457 e. The molecule has 0 saturated carbocycles. The standard InChI is InChI=1S/C20H22N2O2S/c1-19(2,3)24-17(23)14-10-20(4,18(21)25)11-16-13(14)9-12-7-5-6-8-15(12)22-16/h5-9,11H,10H2,1-4H3,(H2,21,25). The lowest BCUT2D eigenvalue weighted by molar-refractivity contribution is -0.147. The summed E-state index contributed by atoms with van der Waals surface area (Å²) in [4.78, 5) is 17.9. The van der Waals surface area contributed by atoms with E-state index in [1.54, 1.807) is 0 Å². The maximum atomic E-state index is 12.8. The van der Waals surface area contributed by atoms with E-state index in [4.69, 9.17) is 27.7 Å². The summed E-state index contributed by atoms with van der Waals surface area (Å²) in [7, 11) is 0. The molecule has 1 aromatic carbocycles. The van der Waals surface area contributed by atoms with Crippen molar-refractivity contribution >= 4 is 45.7 Å². The van der Waals surface area contributed by atoms with Crippen molar-refractivity contribution in [2.75, 3.05) is 0 Å². The number of ether oxygens (including phenoxy) is 1. The molecule has 0 amide bonds. The van der Waals surface area contributed by atoms with E-state index in [0.29, 0.717) is 17.0 Å². The van der Waals surface area contributed by atoms with Gasteiger partial charge in [0.15, 0.2) is 0 Å². The molecule has 5 heteroatoms. The fourth-order valence-corrected chi connectivity index (χ4v) is 3.11. The molecule has 1 heterocycles. The van der Waals surface area contributed by atoms with Crippen LogP contribution in [-0.2, 0) is 9.53 Å². The Morgan fingerprint density at radius 1 is 1.32 bits per heavy atom. The maximum absolute atomic E-state index is 12.8. The molecule has 0 fully saturated rings. The van der Waals surface area contributed by atoms with Crippen LogP contribution < -0.4 is 16.3 Å². The van der Waals surface area contributed by atoms with Crippen LogP contribution in [0.1, 0.15) is 34.1 Å². The summed E-state index contributed by atoms with van der Waals surface area (Å²) >= 11 is 5.26. The number of para-hydroxylation sites is 1. The molecule has 130 valence electrons. The van der Waals surface area contributed by atoms with Crippen LogP contribution in [0.25, 0.3) is 22.6 Å². The molecule has 1 aliphatic carbocycles. The highest BCUT2D eigenvalue weighted by Crippen LogP contribution is 2.31. The van der Waals surface area contributed by atoms with Crippen LogP contribution in [0.5, 0.6) is 0 Å². The topological polar surface area (TPSA) is 65.2 Å². The monoisotopic (exact) mass is 354 g/mol. The van der Waals surface area contributed by atoms with Gasteiger partial charge >= 0.3 is 5.97 Å². The first-order chi connectivity index (χ1) is 11.6. The SMILES string of the molecule is CC(C)(C)OC(=O)C1=c2cc3ccccc3nc2=CC(C)(C(N)=S)C1. The number of nitrogens with zero attached hydrogens (tertiary/aromatic N) is 1. The van der Waals surface area contributed by atoms with Crippen molar-refractivity contribution in [2.24, 2.45) is 11.1 Å². The van der Waals surface area contributed by atoms with Gasteiger partial charge in [0.05, 0.1) is 15.9 Å². The number of esters is 1. The zero-order valence-corrected chi connectivity index (χ0v) is 15.7. The van der Waals surface area contributed by atoms with E-state index in [0.717, 1.165) is 21.5 Å². The predicted molar refractivity (Wildman–Crippen MR) is 104 cm³/mol. The second-order valence-corrected chi connectivity index (χ2v) is 8.14. The third-order valence-electron chi connectivity index (χ3n) is 4.29. The van der Waals surface area contributed by atoms with E-state index >= 15 is 0 Å². The second-order valence-electron chi connectivity index (χ2n) is 7.70. The molecule has 0 aliphatic heterocycles. The van der Waals surface area contributed by atoms with E-state index in [1.807, 2.05) is 64.1 Å². The molecule has 1 aliphatic rings. The highest BCUT2D eigenvalue weighted by Gasteiger charge is 2.34. The van der Waals surface area contributed by atoms with Crippen LogP contribution in [0.15, 0.2) is 30.3 Å². The van der Waals surface area contributed by atoms with E-state index in [2.05, 4.69) is 0 Å². The number of hydrogen-bond donors (Lipinski definition) is 1. The number of aromatic nitrogens is 1. The maximum Gasteiger partial charge on any atom is 0.335 e. The first kappa shape index (κ1) is 17.5. The van der Waals surface area contributed by atoms with E-state index < -0.39 is 11.0 Å². The smallest absolute Gasteiger partial charge is 0.335 e. The third-order valence-corrected chi connectivity index (χ3v) is 4.75. The lowest BCUT2D eigenvalue weighted by atomic mass is 9.79. The van der Waals surface area contributed by atoms with Crippen LogP contribution in [-0.4, -0.2) is 21.5 Å². The third kappa shape index (κ3) is 3.42. The van der Waals surface area contributed by atoms with Crippen molar-refractivity contribution in [1.82, 2.24) is 4.98 Å². The molecule has 0 radical (unpaired) electrons. The summed E-state index contributed by atoms with van der Waals surface area (Å²) < 4.78 is 5.62. The van der Waals surface area contributed by atoms with Gasteiger partial charge in [-0.05, 0) is 52.3 Å². The van der Waals surface area contributed by atoms with Crippen molar-refractivity contribution in [3.8, 4) is 0 Å². The van der Waals surface area contributed by atoms with Gasteiger partial charge < -0.3 is 10.5 Å². The second kappa shape index (κ2) is 5.92. The summed E-state index contributed by atoms with van der Waals surface area (Å²) in [6, 6.07) is 9.82. The Morgan fingerprint density at radius 2 is 2.00 bits per heavy atom. The zero-order valence-electron chi connectivity index (χ0n) is 14.9. The van der Waals surface area contributed by atoms with Crippen molar-refractivity contribution in [3.05, 3.63) is 40.9 Å². The van der Waals surface area contributed by atoms with Crippen LogP contribution in [0.4, 0.5) is 0 Å². The number of fused-ring (bicyclic) bond motifs is 2. The molecule has 3 rings (SSSR count). The lowest BCUT2D eigenvalue weighted by Gasteiger charge is -2.29. The lowest BCUT2D eigenvalue weighted by Crippen LogP contribution is -2.45. The first-order valence-corrected chi connectivity index (χ1v) is 8.65. The zero-order chi connectivity index (χ0) is 18.4. The molecule has 0 bridgehead atoms. The summed E-state index contributed by atoms with van der Waals surface area (Å²) in [6.07, 6.45) is 2.37. The molecule has 0 saturated heterocycles. The van der Waals surface area contributed by atoms with Gasteiger partial charge in [0.2, 0.25) is 0 Å². The van der Waals surface area contributed by atoms with Gasteiger partial charge in [-0.2, -0.15) is 0 Å². The molecule has 25 heavy (non-hydrogen) atoms. The van der Waals surface area contributed by atoms with Gasteiger partial charge in [-0.3, -0.25) is 0 Å². The fourth-order valence-electron chi connectivity index (χ4n) is 2.98. The molecule has 2 N–H and O–H groups in total. The molecule has 4 nitrogen and oxygen atoms in total. The predicted octanol–water partition coefficient (Wildman–Crippen LogP) is 2.20. The van der Waals surface area contributed by atoms with Crippen LogP contribution in [0.2, 0.25) is 0 Å². The molecule has 1 unspecified atom stereocenters. The number of carbonyl (C=O) groups excluding carboxylic acids is 1. The minimum atomic E-state index is -0.607. The Balaban J connectivity index is 2.32. The average Bonchev–Trinajstić information content (AvgIpc) is 2.50. The molecular formula is C20H22N2O2S. The molecule has 0 spiro atoms. The molecule has 1 atom stereocenters. The number of benzene rings is 1. The number of hydrogen-bond acceptors (Lipinski definition) is 4. The quantitative estimate of drug-likeness (QED) is 0.662. The van der Waals surface area contributed by atoms with Crippen molar-refractivity contribution in [3.63, 3.8) is 0 Å². The number of rotatable bonds is 2. The Hall–Kier alpha value is -2.27. The summed E-state index contributed by atoms with van der Waals surface area (Å²) in [5, 5.41) is 2.50. The number of nitrogens with two attached hydrogens (primary N) is 1. The first-order valence-electron chi connectivity index (χ1n) is 8.24. The van der Waals surface area contributed by atoms with E-state index in [9.17, 15) is 4.79 Å². The van der Waals surface area contributed by atoms with Gasteiger partial charge in [-0.25, -0.2) is 9.78 Å². The van der Waals surface area contributed by atoms with Crippen LogP contribution in [0.3, 0.4) is 0 Å². The van der Waals surface area contributed by atoms with Gasteiger partial charge in [0, 0.05) is 21.6 Å². The van der Waals surface area contributed by atoms with E-state index in [-0.39, 0.29) is 5.97 Å². The highest BCUT2D eigenvalue weighted by atomic mass is 32.1. The van der Waals surface area contributed by atoms with Crippen molar-refractivity contribution < 1.29 is 9.53 Å². The fraction of sp³-hybridized carbons (Fsp3) is 0.350. The Morgan fingerprint density at radius 3 is 2.64 bits per heavy atom. The summed E-state index contributed by atoms with van der Waals surface area (Å²) in [5.74, 6) is -0.346. The normalized spacial score (nSPS) is 19.9. The Bertz CT molecular complexity index is 1000. The Kier molecular flexibility index (Phi) is 4.15. The number of pyridine rings is 1. The number of thiocarbonyl (C=S) groups is 1. The van der Waals surface area contributed by atoms with Gasteiger partial charge in [0.1, 0.15) is 5.60 Å². The van der Waals surface area contributed by atoms with Crippen molar-refractivity contribution in [2.45, 2.75) is 39.7 Å². The Labute approximate surface area is 152 Å². The van der Waals surface area contributed by atoms with Gasteiger partial charge in [-0.15, -0.1) is 0 Å². The summed E-state index contributed by atoms with van der Waals surface area (Å²) in [5.41, 5.74) is 6.23. The number of carbonyl (C=O) groups is 1. The van der Waals surface area contributed by atoms with E-state index in [1.165, 1.54) is 0 Å². The highest BCUT2D eigenvalue weighted by molar-refractivity contribution is 7.80.